The monoisotopic (exact) mass is 460 g/mol. The van der Waals surface area contributed by atoms with Gasteiger partial charge in [0.05, 0.1) is 30.3 Å². The molecule has 11 heteroatoms. The third-order valence-electron chi connectivity index (χ3n) is 4.72. The maximum absolute atomic E-state index is 12.6. The van der Waals surface area contributed by atoms with Gasteiger partial charge in [-0.05, 0) is 39.0 Å². The van der Waals surface area contributed by atoms with Crippen molar-refractivity contribution in [2.24, 2.45) is 7.05 Å². The molecule has 0 saturated carbocycles. The number of carbonyl (C=O) groups is 2. The Morgan fingerprint density at radius 3 is 2.72 bits per heavy atom. The van der Waals surface area contributed by atoms with E-state index in [0.29, 0.717) is 10.6 Å². The summed E-state index contributed by atoms with van der Waals surface area (Å²) < 4.78 is 11.5. The fraction of sp³-hybridized carbons (Fsp3) is 0.333. The molecule has 0 fully saturated rings. The number of aryl methyl sites for hydroxylation is 3. The number of amides is 2. The van der Waals surface area contributed by atoms with Crippen LogP contribution in [0.1, 0.15) is 35.7 Å². The number of aromatic hydroxyl groups is 1. The minimum Gasteiger partial charge on any atom is -0.505 e. The Hall–Kier alpha value is -3.60. The van der Waals surface area contributed by atoms with Gasteiger partial charge in [-0.25, -0.2) is 4.79 Å². The van der Waals surface area contributed by atoms with Crippen LogP contribution >= 0.6 is 11.3 Å². The molecule has 0 aliphatic heterocycles. The molecule has 0 radical (unpaired) electrons. The molecule has 3 N–H and O–H groups in total. The highest BCUT2D eigenvalue weighted by atomic mass is 32.1. The number of thiophene rings is 1. The van der Waals surface area contributed by atoms with Gasteiger partial charge in [0.15, 0.2) is 5.69 Å². The first kappa shape index (κ1) is 23.1. The van der Waals surface area contributed by atoms with Crippen molar-refractivity contribution in [2.45, 2.75) is 33.2 Å². The lowest BCUT2D eigenvalue weighted by Gasteiger charge is -2.17. The van der Waals surface area contributed by atoms with Gasteiger partial charge >= 0.3 is 12.0 Å². The number of urea groups is 1. The van der Waals surface area contributed by atoms with Crippen LogP contribution in [0.15, 0.2) is 33.7 Å². The third kappa shape index (κ3) is 4.99. The van der Waals surface area contributed by atoms with Gasteiger partial charge in [0.2, 0.25) is 0 Å². The summed E-state index contributed by atoms with van der Waals surface area (Å²) >= 11 is 1.38. The van der Waals surface area contributed by atoms with Gasteiger partial charge in [-0.1, -0.05) is 5.16 Å². The number of ether oxygens (including phenoxy) is 1. The van der Waals surface area contributed by atoms with Gasteiger partial charge in [-0.2, -0.15) is 0 Å². The molecule has 10 nitrogen and oxygen atoms in total. The predicted molar refractivity (Wildman–Crippen MR) is 119 cm³/mol. The average molecular weight is 461 g/mol. The van der Waals surface area contributed by atoms with Crippen LogP contribution in [0.3, 0.4) is 0 Å². The smallest absolute Gasteiger partial charge is 0.320 e. The Kier molecular flexibility index (Phi) is 6.98. The summed E-state index contributed by atoms with van der Waals surface area (Å²) in [4.78, 5) is 38.6. The highest BCUT2D eigenvalue weighted by Crippen LogP contribution is 2.36. The first-order valence-corrected chi connectivity index (χ1v) is 10.7. The zero-order valence-corrected chi connectivity index (χ0v) is 18.9. The molecule has 0 aliphatic carbocycles. The number of aromatic nitrogens is 2. The second-order valence-corrected chi connectivity index (χ2v) is 8.17. The quantitative estimate of drug-likeness (QED) is 0.461. The van der Waals surface area contributed by atoms with Crippen LogP contribution in [0.5, 0.6) is 5.75 Å². The standard InChI is InChI=1S/C21H24N4O6S/c1-5-30-17(27)10-13(15-6-7-16(32-15)18-11(2)24-31-12(18)3)22-21(29)23-19-14(26)8-9-25(4)20(19)28/h6-9,13,26H,5,10H2,1-4H3,(H2,22,23,29). The average Bonchev–Trinajstić information content (AvgIpc) is 3.34. The molecule has 1 atom stereocenters. The largest absolute Gasteiger partial charge is 0.505 e. The molecule has 0 saturated heterocycles. The molecule has 0 aliphatic rings. The van der Waals surface area contributed by atoms with E-state index in [0.717, 1.165) is 16.1 Å². The van der Waals surface area contributed by atoms with Crippen molar-refractivity contribution in [3.05, 3.63) is 51.1 Å². The number of anilines is 1. The fourth-order valence-corrected chi connectivity index (χ4v) is 4.37. The molecule has 0 aromatic carbocycles. The van der Waals surface area contributed by atoms with E-state index in [1.807, 2.05) is 19.9 Å². The molecule has 3 aromatic heterocycles. The fourth-order valence-electron chi connectivity index (χ4n) is 3.16. The van der Waals surface area contributed by atoms with Crippen molar-refractivity contribution in [2.75, 3.05) is 11.9 Å². The number of carbonyl (C=O) groups excluding carboxylic acids is 2. The predicted octanol–water partition coefficient (Wildman–Crippen LogP) is 3.24. The summed E-state index contributed by atoms with van der Waals surface area (Å²) in [5.41, 5.74) is 0.765. The summed E-state index contributed by atoms with van der Waals surface area (Å²) in [5, 5.41) is 19.0. The van der Waals surface area contributed by atoms with Crippen LogP contribution in [0.4, 0.5) is 10.5 Å². The minimum atomic E-state index is -0.745. The van der Waals surface area contributed by atoms with Crippen LogP contribution in [-0.2, 0) is 16.6 Å². The molecular formula is C21H24N4O6S. The van der Waals surface area contributed by atoms with E-state index in [-0.39, 0.29) is 24.5 Å². The summed E-state index contributed by atoms with van der Waals surface area (Å²) in [7, 11) is 1.50. The third-order valence-corrected chi connectivity index (χ3v) is 5.93. The van der Waals surface area contributed by atoms with Crippen LogP contribution in [0.2, 0.25) is 0 Å². The molecule has 1 unspecified atom stereocenters. The van der Waals surface area contributed by atoms with Crippen molar-refractivity contribution in [1.29, 1.82) is 0 Å². The van der Waals surface area contributed by atoms with Crippen LogP contribution < -0.4 is 16.2 Å². The molecular weight excluding hydrogens is 436 g/mol. The van der Waals surface area contributed by atoms with E-state index in [1.54, 1.807) is 13.0 Å². The van der Waals surface area contributed by atoms with Gasteiger partial charge in [0, 0.05) is 23.0 Å². The van der Waals surface area contributed by atoms with Crippen molar-refractivity contribution in [1.82, 2.24) is 15.0 Å². The number of rotatable bonds is 7. The van der Waals surface area contributed by atoms with Gasteiger partial charge in [0.25, 0.3) is 5.56 Å². The number of hydrogen-bond donors (Lipinski definition) is 3. The van der Waals surface area contributed by atoms with E-state index < -0.39 is 23.6 Å². The number of hydrogen-bond acceptors (Lipinski definition) is 8. The Bertz CT molecular complexity index is 1180. The van der Waals surface area contributed by atoms with Crippen molar-refractivity contribution in [3.63, 3.8) is 0 Å². The zero-order valence-electron chi connectivity index (χ0n) is 18.1. The lowest BCUT2D eigenvalue weighted by molar-refractivity contribution is -0.143. The SMILES string of the molecule is CCOC(=O)CC(NC(=O)Nc1c(O)ccn(C)c1=O)c1ccc(-c2c(C)noc2C)s1. The summed E-state index contributed by atoms with van der Waals surface area (Å²) in [5.74, 6) is -0.176. The van der Waals surface area contributed by atoms with E-state index in [1.165, 1.54) is 35.2 Å². The Morgan fingerprint density at radius 2 is 2.06 bits per heavy atom. The van der Waals surface area contributed by atoms with E-state index in [2.05, 4.69) is 15.8 Å². The number of pyridine rings is 1. The van der Waals surface area contributed by atoms with Crippen molar-refractivity contribution < 1.29 is 24.0 Å². The first-order valence-electron chi connectivity index (χ1n) is 9.86. The normalized spacial score (nSPS) is 11.8. The molecule has 2 amide bonds. The number of nitrogens with zero attached hydrogens (tertiary/aromatic N) is 2. The van der Waals surface area contributed by atoms with Crippen LogP contribution in [-0.4, -0.2) is 33.4 Å². The second-order valence-electron chi connectivity index (χ2n) is 7.05. The van der Waals surface area contributed by atoms with Crippen molar-refractivity contribution in [3.8, 4) is 16.2 Å². The Morgan fingerprint density at radius 1 is 1.31 bits per heavy atom. The molecule has 32 heavy (non-hydrogen) atoms. The molecule has 0 bridgehead atoms. The lowest BCUT2D eigenvalue weighted by Crippen LogP contribution is -2.35. The van der Waals surface area contributed by atoms with Crippen LogP contribution in [0, 0.1) is 13.8 Å². The summed E-state index contributed by atoms with van der Waals surface area (Å²) in [6, 6.07) is 3.49. The lowest BCUT2D eigenvalue weighted by atomic mass is 10.1. The minimum absolute atomic E-state index is 0.110. The maximum Gasteiger partial charge on any atom is 0.320 e. The second kappa shape index (κ2) is 9.69. The first-order chi connectivity index (χ1) is 15.2. The summed E-state index contributed by atoms with van der Waals surface area (Å²) in [6.45, 7) is 5.55. The van der Waals surface area contributed by atoms with E-state index in [9.17, 15) is 19.5 Å². The maximum atomic E-state index is 12.6. The Balaban J connectivity index is 1.85. The van der Waals surface area contributed by atoms with Crippen molar-refractivity contribution >= 4 is 29.0 Å². The summed E-state index contributed by atoms with van der Waals surface area (Å²) in [6.07, 6.45) is 1.27. The highest BCUT2D eigenvalue weighted by Gasteiger charge is 2.24. The van der Waals surface area contributed by atoms with Gasteiger partial charge < -0.3 is 29.6 Å². The molecule has 0 spiro atoms. The highest BCUT2D eigenvalue weighted by molar-refractivity contribution is 7.15. The number of esters is 1. The number of nitrogens with one attached hydrogen (secondary N) is 2. The molecule has 170 valence electrons. The van der Waals surface area contributed by atoms with E-state index in [4.69, 9.17) is 9.26 Å². The van der Waals surface area contributed by atoms with Crippen LogP contribution in [0.25, 0.3) is 10.4 Å². The molecule has 3 rings (SSSR count). The topological polar surface area (TPSA) is 136 Å². The van der Waals surface area contributed by atoms with Gasteiger partial charge in [-0.15, -0.1) is 11.3 Å². The Labute approximate surface area is 187 Å². The van der Waals surface area contributed by atoms with Gasteiger partial charge in [-0.3, -0.25) is 9.59 Å². The molecule has 3 aromatic rings. The van der Waals surface area contributed by atoms with E-state index >= 15 is 0 Å². The zero-order chi connectivity index (χ0) is 23.4. The molecule has 3 heterocycles. The van der Waals surface area contributed by atoms with Gasteiger partial charge in [0.1, 0.15) is 11.5 Å².